The minimum atomic E-state index is -1.35. The molecule has 0 radical (unpaired) electrons. The summed E-state index contributed by atoms with van der Waals surface area (Å²) in [5.74, 6) is -0.845. The summed E-state index contributed by atoms with van der Waals surface area (Å²) in [5, 5.41) is 35.9. The molecule has 4 N–H and O–H groups in total. The van der Waals surface area contributed by atoms with Gasteiger partial charge in [-0.2, -0.15) is 4.98 Å². The van der Waals surface area contributed by atoms with Gasteiger partial charge in [0, 0.05) is 17.8 Å². The third-order valence-corrected chi connectivity index (χ3v) is 4.37. The van der Waals surface area contributed by atoms with Crippen LogP contribution in [-0.4, -0.2) is 52.4 Å². The number of phenols is 1. The number of nitrogens with one attached hydrogen (secondary N) is 2. The van der Waals surface area contributed by atoms with Gasteiger partial charge >= 0.3 is 11.7 Å². The molecule has 0 saturated carbocycles. The second-order valence-corrected chi connectivity index (χ2v) is 6.38. The van der Waals surface area contributed by atoms with Crippen molar-refractivity contribution in [2.75, 3.05) is 32.0 Å². The average molecular weight is 457 g/mol. The molecule has 33 heavy (non-hydrogen) atoms. The molecule has 0 aliphatic carbocycles. The molecule has 0 saturated heterocycles. The van der Waals surface area contributed by atoms with Crippen molar-refractivity contribution < 1.29 is 34.1 Å². The maximum Gasteiger partial charge on any atom is 0.337 e. The highest BCUT2D eigenvalue weighted by molar-refractivity contribution is 5.96. The van der Waals surface area contributed by atoms with Crippen LogP contribution in [0.5, 0.6) is 23.0 Å². The molecule has 172 valence electrons. The third-order valence-electron chi connectivity index (χ3n) is 4.37. The molecule has 0 fully saturated rings. The maximum absolute atomic E-state index is 11.5. The van der Waals surface area contributed by atoms with Gasteiger partial charge in [0.2, 0.25) is 17.5 Å². The fourth-order valence-corrected chi connectivity index (χ4v) is 2.89. The monoisotopic (exact) mass is 457 g/mol. The Labute approximate surface area is 186 Å². The van der Waals surface area contributed by atoms with Crippen molar-refractivity contribution in [1.29, 1.82) is 0 Å². The summed E-state index contributed by atoms with van der Waals surface area (Å²) in [6.45, 7) is 0. The van der Waals surface area contributed by atoms with Crippen molar-refractivity contribution in [3.8, 4) is 23.0 Å². The van der Waals surface area contributed by atoms with Crippen LogP contribution in [-0.2, 0) is 0 Å². The van der Waals surface area contributed by atoms with E-state index in [4.69, 9.17) is 14.2 Å². The quantitative estimate of drug-likeness (QED) is 0.210. The molecular weight excluding hydrogens is 438 g/mol. The van der Waals surface area contributed by atoms with Gasteiger partial charge in [-0.1, -0.05) is 0 Å². The zero-order chi connectivity index (χ0) is 24.1. The summed E-state index contributed by atoms with van der Waals surface area (Å²) in [4.78, 5) is 30.3. The number of benzene rings is 2. The summed E-state index contributed by atoms with van der Waals surface area (Å²) in [5.41, 5.74) is -0.377. The number of aromatic hydroxyl groups is 1. The molecule has 0 bridgehead atoms. The van der Waals surface area contributed by atoms with E-state index in [0.29, 0.717) is 22.9 Å². The molecule has 0 aliphatic rings. The van der Waals surface area contributed by atoms with Crippen LogP contribution >= 0.6 is 0 Å². The van der Waals surface area contributed by atoms with Crippen LogP contribution in [0.4, 0.5) is 28.8 Å². The van der Waals surface area contributed by atoms with Gasteiger partial charge in [0.05, 0.1) is 37.5 Å². The first-order chi connectivity index (χ1) is 15.8. The van der Waals surface area contributed by atoms with Gasteiger partial charge < -0.3 is 35.1 Å². The van der Waals surface area contributed by atoms with Crippen LogP contribution in [0, 0.1) is 10.1 Å². The van der Waals surface area contributed by atoms with Gasteiger partial charge in [-0.25, -0.2) is 9.78 Å². The summed E-state index contributed by atoms with van der Waals surface area (Å²) in [6, 6.07) is 6.67. The van der Waals surface area contributed by atoms with Crippen molar-refractivity contribution in [3.05, 3.63) is 52.2 Å². The van der Waals surface area contributed by atoms with E-state index in [2.05, 4.69) is 20.6 Å². The molecule has 2 aromatic carbocycles. The number of methoxy groups -OCH3 is 3. The zero-order valence-electron chi connectivity index (χ0n) is 17.6. The Morgan fingerprint density at radius 3 is 2.27 bits per heavy atom. The van der Waals surface area contributed by atoms with Crippen molar-refractivity contribution in [2.45, 2.75) is 0 Å². The number of hydrogen-bond donors (Lipinski definition) is 4. The topological polar surface area (TPSA) is 178 Å². The Balaban J connectivity index is 2.02. The smallest absolute Gasteiger partial charge is 0.337 e. The molecule has 0 unspecified atom stereocenters. The molecule has 13 heteroatoms. The highest BCUT2D eigenvalue weighted by atomic mass is 16.6. The second-order valence-electron chi connectivity index (χ2n) is 6.38. The molecule has 13 nitrogen and oxygen atoms in total. The van der Waals surface area contributed by atoms with Crippen molar-refractivity contribution in [2.24, 2.45) is 0 Å². The molecule has 0 amide bonds. The summed E-state index contributed by atoms with van der Waals surface area (Å²) >= 11 is 0. The van der Waals surface area contributed by atoms with E-state index in [9.17, 15) is 25.1 Å². The van der Waals surface area contributed by atoms with Gasteiger partial charge in [0.15, 0.2) is 11.5 Å². The van der Waals surface area contributed by atoms with E-state index >= 15 is 0 Å². The number of ether oxygens (including phenoxy) is 3. The summed E-state index contributed by atoms with van der Waals surface area (Å²) in [7, 11) is 4.35. The number of aromatic nitrogens is 2. The SMILES string of the molecule is COc1cc(Nc2ncc([N+](=O)[O-])c(Nc3ccc(O)cc3C(=O)O)n2)cc(OC)c1OC. The van der Waals surface area contributed by atoms with Crippen LogP contribution in [0.1, 0.15) is 10.4 Å². The number of carbonyl (C=O) groups is 1. The molecule has 0 spiro atoms. The number of nitrogens with zero attached hydrogens (tertiary/aromatic N) is 3. The van der Waals surface area contributed by atoms with E-state index in [1.54, 1.807) is 12.1 Å². The van der Waals surface area contributed by atoms with Crippen molar-refractivity contribution >= 4 is 34.8 Å². The number of phenolic OH excluding ortho intramolecular Hbond substituents is 1. The number of nitro groups is 1. The molecule has 0 aliphatic heterocycles. The normalized spacial score (nSPS) is 10.3. The highest BCUT2D eigenvalue weighted by Gasteiger charge is 2.21. The third kappa shape index (κ3) is 4.92. The lowest BCUT2D eigenvalue weighted by Crippen LogP contribution is -2.07. The summed E-state index contributed by atoms with van der Waals surface area (Å²) < 4.78 is 15.9. The lowest BCUT2D eigenvalue weighted by Gasteiger charge is -2.15. The number of hydrogen-bond acceptors (Lipinski definition) is 11. The van der Waals surface area contributed by atoms with Crippen molar-refractivity contribution in [3.63, 3.8) is 0 Å². The zero-order valence-corrected chi connectivity index (χ0v) is 17.6. The Morgan fingerprint density at radius 1 is 1.06 bits per heavy atom. The van der Waals surface area contributed by atoms with Gasteiger partial charge in [0.25, 0.3) is 0 Å². The number of carboxylic acid groups (broad SMARTS) is 1. The highest BCUT2D eigenvalue weighted by Crippen LogP contribution is 2.40. The first-order valence-electron chi connectivity index (χ1n) is 9.19. The average Bonchev–Trinajstić information content (AvgIpc) is 2.79. The first kappa shape index (κ1) is 22.9. The fourth-order valence-electron chi connectivity index (χ4n) is 2.89. The molecule has 1 heterocycles. The maximum atomic E-state index is 11.5. The lowest BCUT2D eigenvalue weighted by atomic mass is 10.1. The first-order valence-corrected chi connectivity index (χ1v) is 9.19. The van der Waals surface area contributed by atoms with Crippen LogP contribution < -0.4 is 24.8 Å². The Bertz CT molecular complexity index is 1190. The molecule has 0 atom stereocenters. The number of anilines is 4. The van der Waals surface area contributed by atoms with Gasteiger partial charge in [-0.05, 0) is 18.2 Å². The van der Waals surface area contributed by atoms with E-state index < -0.39 is 16.6 Å². The molecule has 1 aromatic heterocycles. The standard InChI is InChI=1S/C20H19N5O8/c1-31-15-6-10(7-16(32-2)17(15)33-3)22-20-21-9-14(25(29)30)18(24-20)23-13-5-4-11(26)8-12(13)19(27)28/h4-9,26H,1-3H3,(H,27,28)(H2,21,22,23,24). The van der Waals surface area contributed by atoms with Crippen LogP contribution in [0.15, 0.2) is 36.5 Å². The van der Waals surface area contributed by atoms with Gasteiger partial charge in [0.1, 0.15) is 11.9 Å². The van der Waals surface area contributed by atoms with Gasteiger partial charge in [-0.3, -0.25) is 10.1 Å². The fraction of sp³-hybridized carbons (Fsp3) is 0.150. The number of rotatable bonds is 9. The summed E-state index contributed by atoms with van der Waals surface area (Å²) in [6.07, 6.45) is 0.969. The minimum absolute atomic E-state index is 0.0131. The predicted octanol–water partition coefficient (Wildman–Crippen LogP) is 3.30. The van der Waals surface area contributed by atoms with Crippen molar-refractivity contribution in [1.82, 2.24) is 9.97 Å². The van der Waals surface area contributed by atoms with E-state index in [1.807, 2.05) is 0 Å². The van der Waals surface area contributed by atoms with Crippen LogP contribution in [0.2, 0.25) is 0 Å². The Hall–Kier alpha value is -4.81. The van der Waals surface area contributed by atoms with Gasteiger partial charge in [-0.15, -0.1) is 0 Å². The molecule has 3 aromatic rings. The Kier molecular flexibility index (Phi) is 6.62. The predicted molar refractivity (Wildman–Crippen MR) is 116 cm³/mol. The number of aromatic carboxylic acids is 1. The van der Waals surface area contributed by atoms with E-state index in [1.165, 1.54) is 33.5 Å². The Morgan fingerprint density at radius 2 is 1.73 bits per heavy atom. The van der Waals surface area contributed by atoms with E-state index in [0.717, 1.165) is 12.3 Å². The van der Waals surface area contributed by atoms with Crippen LogP contribution in [0.25, 0.3) is 0 Å². The molecular formula is C20H19N5O8. The van der Waals surface area contributed by atoms with Crippen LogP contribution in [0.3, 0.4) is 0 Å². The minimum Gasteiger partial charge on any atom is -0.508 e. The second kappa shape index (κ2) is 9.55. The number of carboxylic acids is 1. The van der Waals surface area contributed by atoms with E-state index in [-0.39, 0.29) is 28.8 Å². The molecule has 3 rings (SSSR count). The largest absolute Gasteiger partial charge is 0.508 e. The lowest BCUT2D eigenvalue weighted by molar-refractivity contribution is -0.384.